The fourth-order valence-electron chi connectivity index (χ4n) is 0.696. The van der Waals surface area contributed by atoms with Crippen LogP contribution in [0.25, 0.3) is 0 Å². The van der Waals surface area contributed by atoms with Crippen LogP contribution in [-0.2, 0) is 0 Å². The normalized spacial score (nSPS) is 8.67. The SMILES string of the molecule is CCO.O=[N+]([O-])c1ccc([N+](=O)[O-])cc1. The molecule has 0 saturated heterocycles. The van der Waals surface area contributed by atoms with Crippen LogP contribution in [0.15, 0.2) is 24.3 Å². The Kier molecular flexibility index (Phi) is 5.57. The summed E-state index contributed by atoms with van der Waals surface area (Å²) in [5, 5.41) is 27.8. The lowest BCUT2D eigenvalue weighted by Crippen LogP contribution is -1.90. The van der Waals surface area contributed by atoms with Crippen molar-refractivity contribution >= 4 is 11.4 Å². The Balaban J connectivity index is 0.000000583. The molecule has 0 radical (unpaired) electrons. The van der Waals surface area contributed by atoms with Gasteiger partial charge in [0, 0.05) is 30.9 Å². The molecule has 0 spiro atoms. The predicted molar refractivity (Wildman–Crippen MR) is 52.5 cm³/mol. The van der Waals surface area contributed by atoms with Crippen LogP contribution in [0.4, 0.5) is 11.4 Å². The van der Waals surface area contributed by atoms with Crippen LogP contribution in [0.5, 0.6) is 0 Å². The van der Waals surface area contributed by atoms with Gasteiger partial charge in [0.1, 0.15) is 0 Å². The van der Waals surface area contributed by atoms with E-state index in [-0.39, 0.29) is 18.0 Å². The summed E-state index contributed by atoms with van der Waals surface area (Å²) in [6.45, 7) is 1.93. The minimum absolute atomic E-state index is 0.152. The molecular weight excluding hydrogens is 204 g/mol. The smallest absolute Gasteiger partial charge is 0.269 e. The highest BCUT2D eigenvalue weighted by Crippen LogP contribution is 2.16. The molecule has 7 heteroatoms. The number of rotatable bonds is 2. The number of nitro benzene ring substituents is 2. The van der Waals surface area contributed by atoms with Gasteiger partial charge in [-0.05, 0) is 6.92 Å². The first-order chi connectivity index (χ1) is 7.02. The van der Waals surface area contributed by atoms with E-state index in [9.17, 15) is 20.2 Å². The number of benzene rings is 1. The van der Waals surface area contributed by atoms with Gasteiger partial charge in [-0.15, -0.1) is 0 Å². The zero-order valence-electron chi connectivity index (χ0n) is 7.99. The Morgan fingerprint density at radius 2 is 1.27 bits per heavy atom. The third kappa shape index (κ3) is 4.67. The number of aliphatic hydroxyl groups excluding tert-OH is 1. The van der Waals surface area contributed by atoms with E-state index in [1.54, 1.807) is 6.92 Å². The van der Waals surface area contributed by atoms with Gasteiger partial charge >= 0.3 is 0 Å². The maximum atomic E-state index is 10.1. The van der Waals surface area contributed by atoms with Gasteiger partial charge in [0.05, 0.1) is 9.85 Å². The van der Waals surface area contributed by atoms with Crippen molar-refractivity contribution in [2.75, 3.05) is 6.61 Å². The summed E-state index contributed by atoms with van der Waals surface area (Å²) in [5.74, 6) is 0. The molecule has 0 saturated carbocycles. The summed E-state index contributed by atoms with van der Waals surface area (Å²) in [5.41, 5.74) is -0.304. The number of non-ortho nitro benzene ring substituents is 2. The zero-order chi connectivity index (χ0) is 11.8. The van der Waals surface area contributed by atoms with E-state index in [2.05, 4.69) is 0 Å². The van der Waals surface area contributed by atoms with Crippen molar-refractivity contribution in [2.45, 2.75) is 6.92 Å². The fraction of sp³-hybridized carbons (Fsp3) is 0.250. The van der Waals surface area contributed by atoms with Gasteiger partial charge in [-0.1, -0.05) is 0 Å². The standard InChI is InChI=1S/C6H4N2O4.C2H6O/c9-7(10)5-1-2-6(4-3-5)8(11)12;1-2-3/h1-4H;3H,2H2,1H3. The maximum Gasteiger partial charge on any atom is 0.269 e. The summed E-state index contributed by atoms with van der Waals surface area (Å²) >= 11 is 0. The van der Waals surface area contributed by atoms with E-state index in [1.165, 1.54) is 0 Å². The molecule has 0 aromatic heterocycles. The van der Waals surface area contributed by atoms with E-state index < -0.39 is 9.85 Å². The van der Waals surface area contributed by atoms with Gasteiger partial charge < -0.3 is 5.11 Å². The van der Waals surface area contributed by atoms with Crippen molar-refractivity contribution in [3.05, 3.63) is 44.5 Å². The van der Waals surface area contributed by atoms with E-state index >= 15 is 0 Å². The van der Waals surface area contributed by atoms with Crippen LogP contribution in [0.2, 0.25) is 0 Å². The average molecular weight is 214 g/mol. The Morgan fingerprint density at radius 3 is 1.40 bits per heavy atom. The fourth-order valence-corrected chi connectivity index (χ4v) is 0.696. The van der Waals surface area contributed by atoms with Crippen molar-refractivity contribution in [1.82, 2.24) is 0 Å². The van der Waals surface area contributed by atoms with Crippen LogP contribution in [0.1, 0.15) is 6.92 Å². The van der Waals surface area contributed by atoms with Crippen LogP contribution in [0, 0.1) is 20.2 Å². The zero-order valence-corrected chi connectivity index (χ0v) is 7.99. The van der Waals surface area contributed by atoms with Gasteiger partial charge in [-0.3, -0.25) is 20.2 Å². The second-order valence-electron chi connectivity index (χ2n) is 2.35. The first kappa shape index (κ1) is 13.0. The number of aliphatic hydroxyl groups is 1. The molecular formula is C8H10N2O5. The number of nitrogens with zero attached hydrogens (tertiary/aromatic N) is 2. The van der Waals surface area contributed by atoms with Crippen molar-refractivity contribution in [1.29, 1.82) is 0 Å². The highest BCUT2D eigenvalue weighted by Gasteiger charge is 2.08. The van der Waals surface area contributed by atoms with Gasteiger partial charge in [0.2, 0.25) is 0 Å². The summed E-state index contributed by atoms with van der Waals surface area (Å²) in [7, 11) is 0. The predicted octanol–water partition coefficient (Wildman–Crippen LogP) is 1.50. The van der Waals surface area contributed by atoms with Crippen molar-refractivity contribution in [2.24, 2.45) is 0 Å². The second kappa shape index (κ2) is 6.44. The van der Waals surface area contributed by atoms with Crippen LogP contribution in [-0.4, -0.2) is 21.6 Å². The first-order valence-electron chi connectivity index (χ1n) is 4.02. The molecule has 1 aromatic rings. The molecule has 0 aliphatic heterocycles. The Labute approximate surface area is 85.3 Å². The summed E-state index contributed by atoms with van der Waals surface area (Å²) in [6, 6.07) is 4.38. The topological polar surface area (TPSA) is 107 Å². The molecule has 0 unspecified atom stereocenters. The Morgan fingerprint density at radius 1 is 1.07 bits per heavy atom. The second-order valence-corrected chi connectivity index (χ2v) is 2.35. The van der Waals surface area contributed by atoms with Crippen LogP contribution >= 0.6 is 0 Å². The lowest BCUT2D eigenvalue weighted by Gasteiger charge is -1.90. The minimum Gasteiger partial charge on any atom is -0.397 e. The number of hydrogen-bond acceptors (Lipinski definition) is 5. The molecule has 15 heavy (non-hydrogen) atoms. The minimum atomic E-state index is -0.607. The molecule has 0 heterocycles. The van der Waals surface area contributed by atoms with Gasteiger partial charge in [-0.2, -0.15) is 0 Å². The molecule has 1 rings (SSSR count). The molecule has 0 bridgehead atoms. The molecule has 82 valence electrons. The number of nitro groups is 2. The highest BCUT2D eigenvalue weighted by atomic mass is 16.6. The largest absolute Gasteiger partial charge is 0.397 e. The summed E-state index contributed by atoms with van der Waals surface area (Å²) in [4.78, 5) is 19.0. The molecule has 1 aromatic carbocycles. The van der Waals surface area contributed by atoms with E-state index in [0.717, 1.165) is 24.3 Å². The third-order valence-corrected chi connectivity index (χ3v) is 1.27. The quantitative estimate of drug-likeness (QED) is 0.593. The third-order valence-electron chi connectivity index (χ3n) is 1.27. The average Bonchev–Trinajstić information content (AvgIpc) is 2.19. The molecule has 0 fully saturated rings. The van der Waals surface area contributed by atoms with Gasteiger partial charge in [0.25, 0.3) is 11.4 Å². The van der Waals surface area contributed by atoms with Crippen LogP contribution < -0.4 is 0 Å². The monoisotopic (exact) mass is 214 g/mol. The van der Waals surface area contributed by atoms with Gasteiger partial charge in [0.15, 0.2) is 0 Å². The molecule has 0 aliphatic rings. The molecule has 1 N–H and O–H groups in total. The molecule has 7 nitrogen and oxygen atoms in total. The highest BCUT2D eigenvalue weighted by molar-refractivity contribution is 5.39. The lowest BCUT2D eigenvalue weighted by molar-refractivity contribution is -0.389. The summed E-state index contributed by atoms with van der Waals surface area (Å²) in [6.07, 6.45) is 0. The van der Waals surface area contributed by atoms with Gasteiger partial charge in [-0.25, -0.2) is 0 Å². The lowest BCUT2D eigenvalue weighted by atomic mass is 10.3. The van der Waals surface area contributed by atoms with E-state index in [0.29, 0.717) is 0 Å². The van der Waals surface area contributed by atoms with E-state index in [1.807, 2.05) is 0 Å². The first-order valence-corrected chi connectivity index (χ1v) is 4.02. The number of hydrogen-bond donors (Lipinski definition) is 1. The summed E-state index contributed by atoms with van der Waals surface area (Å²) < 4.78 is 0. The van der Waals surface area contributed by atoms with Crippen molar-refractivity contribution < 1.29 is 15.0 Å². The van der Waals surface area contributed by atoms with Crippen molar-refractivity contribution in [3.63, 3.8) is 0 Å². The van der Waals surface area contributed by atoms with Crippen LogP contribution in [0.3, 0.4) is 0 Å². The van der Waals surface area contributed by atoms with Crippen molar-refractivity contribution in [3.8, 4) is 0 Å². The molecule has 0 aliphatic carbocycles. The Bertz CT molecular complexity index is 302. The Hall–Kier alpha value is -2.02. The molecule has 0 atom stereocenters. The van der Waals surface area contributed by atoms with E-state index in [4.69, 9.17) is 5.11 Å². The molecule has 0 amide bonds. The maximum absolute atomic E-state index is 10.1.